The van der Waals surface area contributed by atoms with Gasteiger partial charge in [0.25, 0.3) is 0 Å². The van der Waals surface area contributed by atoms with Crippen molar-refractivity contribution in [2.75, 3.05) is 6.54 Å². The molecule has 0 spiro atoms. The van der Waals surface area contributed by atoms with E-state index >= 15 is 0 Å². The van der Waals surface area contributed by atoms with Crippen molar-refractivity contribution in [3.63, 3.8) is 0 Å². The van der Waals surface area contributed by atoms with Crippen LogP contribution < -0.4 is 5.73 Å². The molecule has 0 saturated carbocycles. The van der Waals surface area contributed by atoms with Crippen LogP contribution in [-0.4, -0.2) is 39.2 Å². The zero-order chi connectivity index (χ0) is 14.1. The second kappa shape index (κ2) is 9.00. The first-order chi connectivity index (χ1) is 7.74. The van der Waals surface area contributed by atoms with Gasteiger partial charge in [0, 0.05) is 11.1 Å². The Kier molecular flexibility index (Phi) is 9.69. The molecule has 0 rings (SSSR count). The molecular formula is C8H17NO7P+. The van der Waals surface area contributed by atoms with Crippen molar-refractivity contribution in [3.8, 4) is 0 Å². The van der Waals surface area contributed by atoms with Crippen molar-refractivity contribution in [3.05, 3.63) is 0 Å². The van der Waals surface area contributed by atoms with Gasteiger partial charge >= 0.3 is 20.2 Å². The molecule has 0 fully saturated rings. The first-order valence-corrected chi connectivity index (χ1v) is 5.89. The summed E-state index contributed by atoms with van der Waals surface area (Å²) in [5.41, 5.74) is 4.80. The highest BCUT2D eigenvalue weighted by molar-refractivity contribution is 7.32. The van der Waals surface area contributed by atoms with E-state index in [2.05, 4.69) is 0 Å². The number of hydrogen-bond donors (Lipinski definition) is 4. The van der Waals surface area contributed by atoms with E-state index in [1.807, 2.05) is 13.8 Å². The van der Waals surface area contributed by atoms with Crippen LogP contribution >= 0.6 is 8.25 Å². The Hall–Kier alpha value is -1.08. The Labute approximate surface area is 99.3 Å². The fourth-order valence-corrected chi connectivity index (χ4v) is 1.53. The summed E-state index contributed by atoms with van der Waals surface area (Å²) < 4.78 is 15.2. The molecule has 0 aliphatic heterocycles. The lowest BCUT2D eigenvalue weighted by atomic mass is 9.98. The highest BCUT2D eigenvalue weighted by atomic mass is 31.1. The van der Waals surface area contributed by atoms with Gasteiger partial charge in [-0.05, 0) is 12.8 Å². The molecular weight excluding hydrogens is 253 g/mol. The molecule has 1 unspecified atom stereocenters. The molecule has 1 atom stereocenters. The number of carboxylic acid groups (broad SMARTS) is 2. The summed E-state index contributed by atoms with van der Waals surface area (Å²) in [6.45, 7) is 4.05. The monoisotopic (exact) mass is 270 g/mol. The molecule has 0 saturated heterocycles. The maximum absolute atomic E-state index is 10.4. The zero-order valence-corrected chi connectivity index (χ0v) is 10.5. The molecule has 0 radical (unpaired) electrons. The number of hydrogen-bond acceptors (Lipinski definition) is 5. The molecule has 9 heteroatoms. The Morgan fingerprint density at radius 3 is 1.65 bits per heavy atom. The lowest BCUT2D eigenvalue weighted by molar-refractivity contribution is -0.159. The third-order valence-corrected chi connectivity index (χ3v) is 2.66. The van der Waals surface area contributed by atoms with E-state index in [1.54, 1.807) is 0 Å². The van der Waals surface area contributed by atoms with E-state index in [1.165, 1.54) is 0 Å². The smallest absolute Gasteiger partial charge is 0.473 e. The molecule has 17 heavy (non-hydrogen) atoms. The van der Waals surface area contributed by atoms with Crippen molar-refractivity contribution in [2.24, 2.45) is 5.73 Å². The van der Waals surface area contributed by atoms with Crippen LogP contribution in [-0.2, 0) is 18.7 Å². The molecule has 0 aliphatic carbocycles. The molecule has 0 heterocycles. The van der Waals surface area contributed by atoms with Crippen LogP contribution in [0.5, 0.6) is 0 Å². The first kappa shape index (κ1) is 18.3. The standard InChI is InChI=1S/C6H14NO3P.C2H2O4/c1-3-6(4-2,5-7)10-11(8)9;3-1(4)2(5)6/h3-5,7H2,1-2H3;(H,3,4)(H,5,6)/p+1. The average molecular weight is 270 g/mol. The topological polar surface area (TPSA) is 147 Å². The van der Waals surface area contributed by atoms with Crippen LogP contribution in [0.25, 0.3) is 0 Å². The summed E-state index contributed by atoms with van der Waals surface area (Å²) in [6.07, 6.45) is 1.31. The fraction of sp³-hybridized carbons (Fsp3) is 0.750. The van der Waals surface area contributed by atoms with E-state index in [9.17, 15) is 4.57 Å². The van der Waals surface area contributed by atoms with Gasteiger partial charge in [-0.1, -0.05) is 13.8 Å². The normalized spacial score (nSPS) is 11.2. The van der Waals surface area contributed by atoms with Crippen molar-refractivity contribution < 1.29 is 33.8 Å². The largest absolute Gasteiger partial charge is 0.695 e. The minimum Gasteiger partial charge on any atom is -0.473 e. The summed E-state index contributed by atoms with van der Waals surface area (Å²) in [5, 5.41) is 14.8. The van der Waals surface area contributed by atoms with E-state index in [4.69, 9.17) is 35.0 Å². The SMILES string of the molecule is CCC(CC)(CN)O[P+](=O)O.O=C(O)C(=O)O. The minimum absolute atomic E-state index is 0.279. The maximum atomic E-state index is 10.4. The maximum Gasteiger partial charge on any atom is 0.695 e. The summed E-state index contributed by atoms with van der Waals surface area (Å²) in [4.78, 5) is 26.7. The first-order valence-electron chi connectivity index (χ1n) is 4.76. The van der Waals surface area contributed by atoms with Crippen LogP contribution in [0.3, 0.4) is 0 Å². The number of nitrogens with two attached hydrogens (primary N) is 1. The lowest BCUT2D eigenvalue weighted by Crippen LogP contribution is -2.37. The minimum atomic E-state index is -2.54. The van der Waals surface area contributed by atoms with Crippen molar-refractivity contribution >= 4 is 20.2 Å². The Morgan fingerprint density at radius 2 is 1.59 bits per heavy atom. The van der Waals surface area contributed by atoms with Crippen molar-refractivity contribution in [2.45, 2.75) is 32.3 Å². The predicted molar refractivity (Wildman–Crippen MR) is 58.5 cm³/mol. The van der Waals surface area contributed by atoms with E-state index in [0.717, 1.165) is 0 Å². The number of carboxylic acids is 2. The summed E-state index contributed by atoms with van der Waals surface area (Å²) in [5.74, 6) is -3.65. The van der Waals surface area contributed by atoms with Crippen molar-refractivity contribution in [1.29, 1.82) is 0 Å². The summed E-state index contributed by atoms with van der Waals surface area (Å²) in [6, 6.07) is 0. The molecule has 8 nitrogen and oxygen atoms in total. The van der Waals surface area contributed by atoms with E-state index in [0.29, 0.717) is 12.8 Å². The van der Waals surface area contributed by atoms with Gasteiger partial charge in [-0.2, -0.15) is 0 Å². The summed E-state index contributed by atoms with van der Waals surface area (Å²) >= 11 is 0. The van der Waals surface area contributed by atoms with Crippen molar-refractivity contribution in [1.82, 2.24) is 0 Å². The third-order valence-electron chi connectivity index (χ3n) is 2.12. The molecule has 0 aromatic rings. The Bertz CT molecular complexity index is 257. The lowest BCUT2D eigenvalue weighted by Gasteiger charge is -2.21. The number of rotatable bonds is 5. The zero-order valence-electron chi connectivity index (χ0n) is 9.62. The Balaban J connectivity index is 0. The van der Waals surface area contributed by atoms with Crippen LogP contribution in [0, 0.1) is 0 Å². The fourth-order valence-electron chi connectivity index (χ4n) is 0.871. The van der Waals surface area contributed by atoms with Gasteiger partial charge in [0.2, 0.25) is 0 Å². The van der Waals surface area contributed by atoms with Gasteiger partial charge in [0.05, 0.1) is 0 Å². The predicted octanol–water partition coefficient (Wildman–Crippen LogP) is 0.326. The molecule has 0 aromatic heterocycles. The number of aliphatic carboxylic acids is 2. The van der Waals surface area contributed by atoms with Crippen LogP contribution in [0.1, 0.15) is 26.7 Å². The van der Waals surface area contributed by atoms with Gasteiger partial charge in [-0.25, -0.2) is 9.59 Å². The second-order valence-electron chi connectivity index (χ2n) is 3.03. The third kappa shape index (κ3) is 8.70. The van der Waals surface area contributed by atoms with Crippen LogP contribution in [0.15, 0.2) is 0 Å². The molecule has 100 valence electrons. The quantitative estimate of drug-likeness (QED) is 0.412. The van der Waals surface area contributed by atoms with E-state index in [-0.39, 0.29) is 6.54 Å². The molecule has 0 bridgehead atoms. The van der Waals surface area contributed by atoms with Gasteiger partial charge in [0.15, 0.2) is 0 Å². The molecule has 0 amide bonds. The second-order valence-corrected chi connectivity index (χ2v) is 3.69. The highest BCUT2D eigenvalue weighted by Crippen LogP contribution is 2.30. The van der Waals surface area contributed by atoms with Gasteiger partial charge < -0.3 is 15.9 Å². The van der Waals surface area contributed by atoms with Gasteiger partial charge in [0.1, 0.15) is 5.60 Å². The molecule has 0 aromatic carbocycles. The van der Waals surface area contributed by atoms with Crippen LogP contribution in [0.4, 0.5) is 0 Å². The average Bonchev–Trinajstić information content (AvgIpc) is 2.26. The van der Waals surface area contributed by atoms with Gasteiger partial charge in [-0.15, -0.1) is 9.42 Å². The molecule has 5 N–H and O–H groups in total. The van der Waals surface area contributed by atoms with Gasteiger partial charge in [-0.3, -0.25) is 0 Å². The van der Waals surface area contributed by atoms with Crippen LogP contribution in [0.2, 0.25) is 0 Å². The Morgan fingerprint density at radius 1 is 1.24 bits per heavy atom. The number of carbonyl (C=O) groups is 2. The van der Waals surface area contributed by atoms with E-state index < -0.39 is 25.8 Å². The highest BCUT2D eigenvalue weighted by Gasteiger charge is 2.35. The summed E-state index contributed by atoms with van der Waals surface area (Å²) in [7, 11) is -2.54. The molecule has 0 aliphatic rings.